The van der Waals surface area contributed by atoms with Crippen molar-refractivity contribution in [3.8, 4) is 44.5 Å². The summed E-state index contributed by atoms with van der Waals surface area (Å²) in [6, 6.07) is 105. The van der Waals surface area contributed by atoms with E-state index in [9.17, 15) is 0 Å². The molecule has 0 saturated carbocycles. The molecule has 0 spiro atoms. The molecule has 3 nitrogen and oxygen atoms in total. The number of hydrogen-bond acceptors (Lipinski definition) is 3. The summed E-state index contributed by atoms with van der Waals surface area (Å²) in [6.07, 6.45) is 0. The van der Waals surface area contributed by atoms with Gasteiger partial charge in [-0.3, -0.25) is 0 Å². The maximum atomic E-state index is 6.50. The molecule has 0 bridgehead atoms. The summed E-state index contributed by atoms with van der Waals surface area (Å²) in [5.41, 5.74) is 17.4. The standard InChI is InChI=1S/C72H48N2O/c1-2-18-49(19-3-1)50-38-40-51(41-39-50)54-24-14-25-58(47-54)73(67-35-15-22-52-20-4-6-26-60(52)67)69-33-11-8-28-63(69)64-29-9-12-34-70(64)74(68-36-16-23-53-21-5-7-27-61(53)68)59-45-44-55-46-57(43-42-56(55)48-59)62-31-17-32-66-65-30-10-13-37-71(65)75-72(62)66/h1-48H. The summed E-state index contributed by atoms with van der Waals surface area (Å²) >= 11 is 0. The second kappa shape index (κ2) is 18.6. The van der Waals surface area contributed by atoms with E-state index in [0.717, 1.165) is 100 Å². The van der Waals surface area contributed by atoms with Crippen LogP contribution in [0.5, 0.6) is 0 Å². The van der Waals surface area contributed by atoms with Crippen LogP contribution in [0.3, 0.4) is 0 Å². The zero-order valence-corrected chi connectivity index (χ0v) is 41.0. The van der Waals surface area contributed by atoms with Crippen LogP contribution in [0.15, 0.2) is 296 Å². The third-order valence-corrected chi connectivity index (χ3v) is 14.8. The highest BCUT2D eigenvalue weighted by atomic mass is 16.3. The Labute approximate surface area is 436 Å². The number of fused-ring (bicyclic) bond motifs is 6. The Kier molecular flexibility index (Phi) is 10.8. The second-order valence-corrected chi connectivity index (χ2v) is 19.2. The van der Waals surface area contributed by atoms with Crippen LogP contribution in [0, 0.1) is 0 Å². The van der Waals surface area contributed by atoms with Gasteiger partial charge in [0.15, 0.2) is 0 Å². The Bertz CT molecular complexity index is 4430. The van der Waals surface area contributed by atoms with Gasteiger partial charge in [0.25, 0.3) is 0 Å². The Morgan fingerprint density at radius 1 is 0.227 bits per heavy atom. The van der Waals surface area contributed by atoms with Gasteiger partial charge >= 0.3 is 0 Å². The van der Waals surface area contributed by atoms with Gasteiger partial charge in [-0.2, -0.15) is 0 Å². The van der Waals surface area contributed by atoms with Crippen molar-refractivity contribution in [2.75, 3.05) is 9.80 Å². The Morgan fingerprint density at radius 2 is 0.667 bits per heavy atom. The highest BCUT2D eigenvalue weighted by Crippen LogP contribution is 2.49. The van der Waals surface area contributed by atoms with E-state index in [4.69, 9.17) is 4.42 Å². The lowest BCUT2D eigenvalue weighted by atomic mass is 9.96. The van der Waals surface area contributed by atoms with Gasteiger partial charge in [-0.15, -0.1) is 0 Å². The van der Waals surface area contributed by atoms with Crippen LogP contribution >= 0.6 is 0 Å². The average molecular weight is 957 g/mol. The summed E-state index contributed by atoms with van der Waals surface area (Å²) in [4.78, 5) is 4.91. The minimum Gasteiger partial charge on any atom is -0.455 e. The Morgan fingerprint density at radius 3 is 1.36 bits per heavy atom. The third kappa shape index (κ3) is 7.86. The first kappa shape index (κ1) is 43.8. The van der Waals surface area contributed by atoms with Crippen molar-refractivity contribution in [2.24, 2.45) is 0 Å². The highest BCUT2D eigenvalue weighted by molar-refractivity contribution is 6.11. The molecule has 0 aliphatic heterocycles. The fraction of sp³-hybridized carbons (Fsp3) is 0. The van der Waals surface area contributed by atoms with Gasteiger partial charge in [0, 0.05) is 49.6 Å². The molecule has 0 radical (unpaired) electrons. The number of anilines is 6. The highest BCUT2D eigenvalue weighted by Gasteiger charge is 2.25. The minimum atomic E-state index is 0.901. The molecule has 0 amide bonds. The largest absolute Gasteiger partial charge is 0.455 e. The summed E-state index contributed by atoms with van der Waals surface area (Å²) in [6.45, 7) is 0. The zero-order valence-electron chi connectivity index (χ0n) is 41.0. The molecule has 75 heavy (non-hydrogen) atoms. The second-order valence-electron chi connectivity index (χ2n) is 19.2. The van der Waals surface area contributed by atoms with Crippen molar-refractivity contribution in [3.63, 3.8) is 0 Å². The van der Waals surface area contributed by atoms with E-state index in [1.807, 2.05) is 12.1 Å². The molecule has 352 valence electrons. The summed E-state index contributed by atoms with van der Waals surface area (Å²) < 4.78 is 6.50. The molecular weight excluding hydrogens is 909 g/mol. The maximum Gasteiger partial charge on any atom is 0.143 e. The first-order chi connectivity index (χ1) is 37.2. The molecule has 13 aromatic carbocycles. The normalized spacial score (nSPS) is 11.5. The SMILES string of the molecule is c1ccc(-c2ccc(-c3cccc(N(c4ccccc4-c4ccccc4N(c4ccc5cc(-c6cccc7c6oc6ccccc67)ccc5c4)c4cccc5ccccc45)c4cccc5ccccc45)c3)cc2)cc1. The van der Waals surface area contributed by atoms with Crippen LogP contribution in [-0.4, -0.2) is 0 Å². The molecule has 0 unspecified atom stereocenters. The van der Waals surface area contributed by atoms with Crippen LogP contribution < -0.4 is 9.80 Å². The van der Waals surface area contributed by atoms with E-state index in [0.29, 0.717) is 0 Å². The topological polar surface area (TPSA) is 19.6 Å². The third-order valence-electron chi connectivity index (χ3n) is 14.8. The quantitative estimate of drug-likeness (QED) is 0.136. The number of benzene rings is 13. The van der Waals surface area contributed by atoms with Crippen LogP contribution in [-0.2, 0) is 0 Å². The van der Waals surface area contributed by atoms with Crippen molar-refractivity contribution in [3.05, 3.63) is 291 Å². The molecule has 0 N–H and O–H groups in total. The number of para-hydroxylation sites is 4. The molecule has 1 heterocycles. The molecule has 0 aliphatic carbocycles. The van der Waals surface area contributed by atoms with Crippen LogP contribution in [0.1, 0.15) is 0 Å². The van der Waals surface area contributed by atoms with Crippen LogP contribution in [0.2, 0.25) is 0 Å². The van der Waals surface area contributed by atoms with Gasteiger partial charge in [-0.05, 0) is 110 Å². The lowest BCUT2D eigenvalue weighted by Gasteiger charge is -2.32. The first-order valence-corrected chi connectivity index (χ1v) is 25.6. The van der Waals surface area contributed by atoms with Gasteiger partial charge in [0.1, 0.15) is 11.2 Å². The molecular formula is C72H48N2O. The summed E-state index contributed by atoms with van der Waals surface area (Å²) in [7, 11) is 0. The van der Waals surface area contributed by atoms with Gasteiger partial charge in [0.2, 0.25) is 0 Å². The smallest absolute Gasteiger partial charge is 0.143 e. The molecule has 0 fully saturated rings. The average Bonchev–Trinajstić information content (AvgIpc) is 3.88. The predicted octanol–water partition coefficient (Wildman–Crippen LogP) is 20.7. The van der Waals surface area contributed by atoms with Crippen molar-refractivity contribution >= 4 is 88.4 Å². The Hall–Kier alpha value is -9.96. The minimum absolute atomic E-state index is 0.901. The van der Waals surface area contributed by atoms with Gasteiger partial charge in [-0.25, -0.2) is 0 Å². The molecule has 3 heteroatoms. The van der Waals surface area contributed by atoms with Crippen molar-refractivity contribution < 1.29 is 4.42 Å². The molecule has 1 aromatic heterocycles. The van der Waals surface area contributed by atoms with Crippen LogP contribution in [0.25, 0.3) is 98.8 Å². The van der Waals surface area contributed by atoms with Crippen molar-refractivity contribution in [1.82, 2.24) is 0 Å². The monoisotopic (exact) mass is 956 g/mol. The number of furan rings is 1. The fourth-order valence-electron chi connectivity index (χ4n) is 11.2. The lowest BCUT2D eigenvalue weighted by Crippen LogP contribution is -2.14. The van der Waals surface area contributed by atoms with E-state index in [2.05, 4.69) is 289 Å². The molecule has 0 aliphatic rings. The predicted molar refractivity (Wildman–Crippen MR) is 317 cm³/mol. The molecule has 14 aromatic rings. The number of rotatable bonds is 10. The zero-order chi connectivity index (χ0) is 49.7. The number of hydrogen-bond donors (Lipinski definition) is 0. The summed E-state index contributed by atoms with van der Waals surface area (Å²) in [5.74, 6) is 0. The van der Waals surface area contributed by atoms with Gasteiger partial charge < -0.3 is 14.2 Å². The van der Waals surface area contributed by atoms with E-state index >= 15 is 0 Å². The summed E-state index contributed by atoms with van der Waals surface area (Å²) in [5, 5.41) is 9.27. The van der Waals surface area contributed by atoms with E-state index < -0.39 is 0 Å². The van der Waals surface area contributed by atoms with Crippen molar-refractivity contribution in [2.45, 2.75) is 0 Å². The van der Waals surface area contributed by atoms with E-state index in [1.165, 1.54) is 32.7 Å². The maximum absolute atomic E-state index is 6.50. The molecule has 14 rings (SSSR count). The van der Waals surface area contributed by atoms with E-state index in [-0.39, 0.29) is 0 Å². The van der Waals surface area contributed by atoms with Gasteiger partial charge in [-0.1, -0.05) is 231 Å². The van der Waals surface area contributed by atoms with Gasteiger partial charge in [0.05, 0.1) is 22.7 Å². The molecule has 0 saturated heterocycles. The lowest BCUT2D eigenvalue weighted by molar-refractivity contribution is 0.670. The number of nitrogens with zero attached hydrogens (tertiary/aromatic N) is 2. The Balaban J connectivity index is 0.930. The van der Waals surface area contributed by atoms with Crippen molar-refractivity contribution in [1.29, 1.82) is 0 Å². The van der Waals surface area contributed by atoms with Crippen LogP contribution in [0.4, 0.5) is 34.1 Å². The fourth-order valence-corrected chi connectivity index (χ4v) is 11.2. The van der Waals surface area contributed by atoms with E-state index in [1.54, 1.807) is 0 Å². The first-order valence-electron chi connectivity index (χ1n) is 25.6. The molecule has 0 atom stereocenters.